The zero-order valence-electron chi connectivity index (χ0n) is 18.8. The number of phenolic OH excluding ortho intramolecular Hbond substituents is 1. The van der Waals surface area contributed by atoms with Crippen molar-refractivity contribution in [1.82, 2.24) is 9.80 Å². The molecule has 0 aromatic heterocycles. The van der Waals surface area contributed by atoms with Crippen LogP contribution in [0.2, 0.25) is 10.0 Å². The maximum absolute atomic E-state index is 13.2. The van der Waals surface area contributed by atoms with Crippen LogP contribution in [0.4, 0.5) is 0 Å². The number of amides is 1. The van der Waals surface area contributed by atoms with Crippen LogP contribution in [0.25, 0.3) is 0 Å². The molecule has 0 radical (unpaired) electrons. The molecule has 186 valence electrons. The van der Waals surface area contributed by atoms with Gasteiger partial charge in [-0.25, -0.2) is 4.57 Å². The van der Waals surface area contributed by atoms with Crippen molar-refractivity contribution in [1.29, 1.82) is 0 Å². The molecular formula is C23H29Cl2N2O6P. The second-order valence-electron chi connectivity index (χ2n) is 8.62. The summed E-state index contributed by atoms with van der Waals surface area (Å²) >= 11 is 12.1. The molecule has 2 aromatic rings. The Morgan fingerprint density at radius 1 is 1.09 bits per heavy atom. The van der Waals surface area contributed by atoms with Crippen molar-refractivity contribution < 1.29 is 29.1 Å². The van der Waals surface area contributed by atoms with E-state index >= 15 is 0 Å². The van der Waals surface area contributed by atoms with Gasteiger partial charge in [0.05, 0.1) is 22.5 Å². The Morgan fingerprint density at radius 3 is 2.35 bits per heavy atom. The van der Waals surface area contributed by atoms with Crippen molar-refractivity contribution in [2.24, 2.45) is 0 Å². The van der Waals surface area contributed by atoms with E-state index in [0.29, 0.717) is 16.1 Å². The summed E-state index contributed by atoms with van der Waals surface area (Å²) < 4.78 is 8.88. The van der Waals surface area contributed by atoms with Crippen LogP contribution in [0.3, 0.4) is 0 Å². The number of phosphoric acid groups is 1. The van der Waals surface area contributed by atoms with E-state index in [4.69, 9.17) is 42.4 Å². The van der Waals surface area contributed by atoms with Crippen molar-refractivity contribution in [3.63, 3.8) is 0 Å². The molecule has 2 aromatic carbocycles. The molecule has 11 heteroatoms. The van der Waals surface area contributed by atoms with Gasteiger partial charge in [-0.05, 0) is 79.7 Å². The molecule has 1 heterocycles. The van der Waals surface area contributed by atoms with Gasteiger partial charge in [-0.1, -0.05) is 35.3 Å². The van der Waals surface area contributed by atoms with Gasteiger partial charge in [0.1, 0.15) is 5.75 Å². The molecule has 0 unspecified atom stereocenters. The first-order valence-corrected chi connectivity index (χ1v) is 13.3. The predicted molar refractivity (Wildman–Crippen MR) is 131 cm³/mol. The second kappa shape index (κ2) is 11.4. The van der Waals surface area contributed by atoms with Crippen LogP contribution in [0.5, 0.6) is 5.75 Å². The number of carbonyl (C=O) groups is 1. The topological polar surface area (TPSA) is 122 Å². The van der Waals surface area contributed by atoms with Gasteiger partial charge in [0, 0.05) is 13.1 Å². The lowest BCUT2D eigenvalue weighted by atomic mass is 9.82. The van der Waals surface area contributed by atoms with E-state index in [0.717, 1.165) is 42.6 Å². The Labute approximate surface area is 209 Å². The molecule has 4 N–H and O–H groups in total. The number of halogens is 2. The first-order valence-electron chi connectivity index (χ1n) is 11.0. The van der Waals surface area contributed by atoms with E-state index in [-0.39, 0.29) is 24.1 Å². The van der Waals surface area contributed by atoms with Crippen LogP contribution >= 0.6 is 31.0 Å². The van der Waals surface area contributed by atoms with E-state index in [1.807, 2.05) is 30.1 Å². The molecule has 2 aliphatic rings. The summed E-state index contributed by atoms with van der Waals surface area (Å²) in [5, 5.41) is 10.9. The normalized spacial score (nSPS) is 20.3. The third kappa shape index (κ3) is 7.18. The average molecular weight is 531 g/mol. The van der Waals surface area contributed by atoms with E-state index in [2.05, 4.69) is 4.90 Å². The molecule has 1 amide bonds. The number of carbonyl (C=O) groups excluding carboxylic acids is 1. The number of nitrogens with zero attached hydrogens (tertiary/aromatic N) is 2. The number of fused-ring (bicyclic) bond motifs is 1. The highest BCUT2D eigenvalue weighted by Gasteiger charge is 2.38. The molecule has 2 atom stereocenters. The minimum atomic E-state index is -4.64. The fourth-order valence-electron chi connectivity index (χ4n) is 4.79. The molecule has 1 saturated heterocycles. The van der Waals surface area contributed by atoms with E-state index in [1.165, 1.54) is 12.8 Å². The van der Waals surface area contributed by atoms with Gasteiger partial charge in [-0.15, -0.1) is 0 Å². The van der Waals surface area contributed by atoms with Gasteiger partial charge in [0.15, 0.2) is 0 Å². The average Bonchev–Trinajstić information content (AvgIpc) is 3.28. The van der Waals surface area contributed by atoms with Crippen LogP contribution in [-0.2, 0) is 22.2 Å². The minimum absolute atomic E-state index is 0.0206. The Hall–Kier alpha value is -1.64. The summed E-state index contributed by atoms with van der Waals surface area (Å²) in [6.07, 6.45) is 4.63. The summed E-state index contributed by atoms with van der Waals surface area (Å²) in [6.45, 7) is 2.17. The maximum atomic E-state index is 13.2. The zero-order chi connectivity index (χ0) is 25.0. The van der Waals surface area contributed by atoms with E-state index < -0.39 is 7.82 Å². The highest BCUT2D eigenvalue weighted by atomic mass is 35.5. The lowest BCUT2D eigenvalue weighted by Crippen LogP contribution is -2.48. The van der Waals surface area contributed by atoms with Crippen LogP contribution in [-0.4, -0.2) is 61.7 Å². The molecule has 4 rings (SSSR count). The molecule has 1 aliphatic carbocycles. The number of hydrogen-bond acceptors (Lipinski definition) is 4. The molecule has 0 spiro atoms. The van der Waals surface area contributed by atoms with Crippen LogP contribution < -0.4 is 0 Å². The van der Waals surface area contributed by atoms with Crippen molar-refractivity contribution in [3.05, 3.63) is 63.1 Å². The monoisotopic (exact) mass is 530 g/mol. The fourth-order valence-corrected chi connectivity index (χ4v) is 5.11. The fraction of sp³-hybridized carbons (Fsp3) is 0.435. The Kier molecular flexibility index (Phi) is 9.04. The van der Waals surface area contributed by atoms with Gasteiger partial charge < -0.3 is 24.7 Å². The lowest BCUT2D eigenvalue weighted by molar-refractivity contribution is -0.133. The largest absolute Gasteiger partial charge is 0.508 e. The highest BCUT2D eigenvalue weighted by Crippen LogP contribution is 2.39. The van der Waals surface area contributed by atoms with Gasteiger partial charge in [-0.2, -0.15) is 0 Å². The number of benzene rings is 2. The quantitative estimate of drug-likeness (QED) is 0.442. The molecule has 8 nitrogen and oxygen atoms in total. The number of likely N-dealkylation sites (tertiary alicyclic amines) is 1. The predicted octanol–water partition coefficient (Wildman–Crippen LogP) is 3.92. The summed E-state index contributed by atoms with van der Waals surface area (Å²) in [6, 6.07) is 11.2. The highest BCUT2D eigenvalue weighted by molar-refractivity contribution is 7.45. The second-order valence-corrected chi connectivity index (χ2v) is 10.5. The van der Waals surface area contributed by atoms with Crippen molar-refractivity contribution in [3.8, 4) is 5.75 Å². The number of rotatable bonds is 4. The van der Waals surface area contributed by atoms with E-state index in [1.54, 1.807) is 18.2 Å². The lowest BCUT2D eigenvalue weighted by Gasteiger charge is -2.43. The summed E-state index contributed by atoms with van der Waals surface area (Å²) in [5.41, 5.74) is 3.14. The number of aryl methyl sites for hydroxylation is 1. The van der Waals surface area contributed by atoms with Crippen molar-refractivity contribution in [2.45, 2.75) is 44.2 Å². The molecule has 34 heavy (non-hydrogen) atoms. The SMILES string of the molecule is CN(C(=O)Cc1ccc(Cl)c(Cl)c1)[C@@H]1c2ccc(O)cc2CC[C@H]1N1CCCC1.O=P(O)(O)O. The van der Waals surface area contributed by atoms with Gasteiger partial charge in [0.25, 0.3) is 0 Å². The van der Waals surface area contributed by atoms with Gasteiger partial charge in [-0.3, -0.25) is 9.69 Å². The smallest absolute Gasteiger partial charge is 0.466 e. The molecule has 1 fully saturated rings. The van der Waals surface area contributed by atoms with E-state index in [9.17, 15) is 9.90 Å². The molecule has 1 aliphatic heterocycles. The Bertz CT molecular complexity index is 1070. The first-order chi connectivity index (χ1) is 15.9. The minimum Gasteiger partial charge on any atom is -0.508 e. The van der Waals surface area contributed by atoms with Crippen molar-refractivity contribution in [2.75, 3.05) is 20.1 Å². The first kappa shape index (κ1) is 27.0. The molecular weight excluding hydrogens is 502 g/mol. The van der Waals surface area contributed by atoms with Crippen molar-refractivity contribution >= 4 is 36.9 Å². The zero-order valence-corrected chi connectivity index (χ0v) is 21.2. The molecule has 0 bridgehead atoms. The standard InChI is InChI=1S/C23H26Cl2N2O2.H3O4P/c1-26(22(29)13-15-4-8-19(24)20(25)12-15)23-18-7-6-17(28)14-16(18)5-9-21(23)27-10-2-3-11-27;1-5(2,3)4/h4,6-8,12,14,21,23,28H,2-3,5,9-11,13H2,1H3;(H3,1,2,3,4)/t21-,23-;/m1./s1. The summed E-state index contributed by atoms with van der Waals surface area (Å²) in [5.74, 6) is 0.338. The third-order valence-corrected chi connectivity index (χ3v) is 7.02. The number of likely N-dealkylation sites (N-methyl/N-ethyl adjacent to an activating group) is 1. The van der Waals surface area contributed by atoms with Crippen LogP contribution in [0, 0.1) is 0 Å². The van der Waals surface area contributed by atoms with Gasteiger partial charge in [0.2, 0.25) is 5.91 Å². The van der Waals surface area contributed by atoms with Crippen LogP contribution in [0.1, 0.15) is 42.0 Å². The maximum Gasteiger partial charge on any atom is 0.466 e. The third-order valence-electron chi connectivity index (χ3n) is 6.28. The number of aromatic hydroxyl groups is 1. The van der Waals surface area contributed by atoms with Crippen LogP contribution in [0.15, 0.2) is 36.4 Å². The summed E-state index contributed by atoms with van der Waals surface area (Å²) in [4.78, 5) is 39.2. The number of hydrogen-bond donors (Lipinski definition) is 4. The number of phenols is 1. The summed E-state index contributed by atoms with van der Waals surface area (Å²) in [7, 11) is -2.74. The molecule has 0 saturated carbocycles. The Balaban J connectivity index is 0.000000588. The van der Waals surface area contributed by atoms with Gasteiger partial charge >= 0.3 is 7.82 Å². The Morgan fingerprint density at radius 2 is 1.74 bits per heavy atom.